The molecule has 0 aliphatic heterocycles. The molecule has 2 rings (SSSR count). The molecule has 0 bridgehead atoms. The summed E-state index contributed by atoms with van der Waals surface area (Å²) in [6.07, 6.45) is 4.08. The van der Waals surface area contributed by atoms with Crippen molar-refractivity contribution in [1.82, 2.24) is 0 Å². The van der Waals surface area contributed by atoms with E-state index in [0.717, 1.165) is 53.1 Å². The van der Waals surface area contributed by atoms with Crippen LogP contribution in [0.5, 0.6) is 11.5 Å². The Morgan fingerprint density at radius 3 is 2.31 bits per heavy atom. The smallest absolute Gasteiger partial charge is 0.137 e. The van der Waals surface area contributed by atoms with Crippen LogP contribution in [0.25, 0.3) is 0 Å². The van der Waals surface area contributed by atoms with E-state index in [4.69, 9.17) is 21.1 Å². The summed E-state index contributed by atoms with van der Waals surface area (Å²) in [6.45, 7) is 7.39. The molecule has 0 spiro atoms. The van der Waals surface area contributed by atoms with Crippen LogP contribution >= 0.6 is 27.5 Å². The number of hydrogen-bond acceptors (Lipinski definition) is 2. The molecular weight excluding hydrogens is 412 g/mol. The van der Waals surface area contributed by atoms with Crippen LogP contribution in [0.4, 0.5) is 0 Å². The number of unbranched alkanes of at least 4 members (excludes halogenated alkanes) is 2. The molecule has 0 amide bonds. The summed E-state index contributed by atoms with van der Waals surface area (Å²) < 4.78 is 12.9. The number of halogens is 2. The molecule has 0 radical (unpaired) electrons. The summed E-state index contributed by atoms with van der Waals surface area (Å²) in [5, 5.41) is 0. The van der Waals surface area contributed by atoms with Gasteiger partial charge in [-0.2, -0.15) is 0 Å². The van der Waals surface area contributed by atoms with Crippen molar-refractivity contribution >= 4 is 27.5 Å². The second-order valence-corrected chi connectivity index (χ2v) is 6.85. The Labute approximate surface area is 172 Å². The first-order valence-corrected chi connectivity index (χ1v) is 10.7. The fourth-order valence-electron chi connectivity index (χ4n) is 2.39. The van der Waals surface area contributed by atoms with Gasteiger partial charge in [-0.25, -0.2) is 0 Å². The molecule has 0 saturated heterocycles. The third kappa shape index (κ3) is 8.01. The topological polar surface area (TPSA) is 18.5 Å². The molecule has 0 aliphatic carbocycles. The number of ether oxygens (including phenoxy) is 2. The third-order valence-electron chi connectivity index (χ3n) is 3.77. The van der Waals surface area contributed by atoms with E-state index in [9.17, 15) is 0 Å². The lowest BCUT2D eigenvalue weighted by molar-refractivity contribution is 0.287. The van der Waals surface area contributed by atoms with Gasteiger partial charge in [0.25, 0.3) is 0 Å². The van der Waals surface area contributed by atoms with Crippen LogP contribution in [0.15, 0.2) is 46.9 Å². The van der Waals surface area contributed by atoms with Crippen LogP contribution in [-0.4, -0.2) is 12.5 Å². The first kappa shape index (κ1) is 22.9. The fourth-order valence-corrected chi connectivity index (χ4v) is 3.08. The maximum Gasteiger partial charge on any atom is 0.137 e. The molecule has 0 heterocycles. The minimum Gasteiger partial charge on any atom is -0.493 e. The predicted octanol–water partition coefficient (Wildman–Crippen LogP) is 7.40. The van der Waals surface area contributed by atoms with Crippen molar-refractivity contribution in [1.29, 1.82) is 0 Å². The Balaban J connectivity index is 0.00000163. The maximum atomic E-state index is 5.98. The zero-order chi connectivity index (χ0) is 19.2. The van der Waals surface area contributed by atoms with Crippen LogP contribution < -0.4 is 9.47 Å². The SMILES string of the molecule is CC.CCc1cc(Br)c(OCc2ccccc2)cc1OCCCCCCl. The summed E-state index contributed by atoms with van der Waals surface area (Å²) in [6, 6.07) is 14.2. The van der Waals surface area contributed by atoms with Crippen molar-refractivity contribution in [3.8, 4) is 11.5 Å². The van der Waals surface area contributed by atoms with Crippen molar-refractivity contribution in [2.45, 2.75) is 53.1 Å². The van der Waals surface area contributed by atoms with E-state index in [-0.39, 0.29) is 0 Å². The van der Waals surface area contributed by atoms with E-state index < -0.39 is 0 Å². The van der Waals surface area contributed by atoms with Gasteiger partial charge in [-0.15, -0.1) is 11.6 Å². The van der Waals surface area contributed by atoms with Crippen molar-refractivity contribution in [2.24, 2.45) is 0 Å². The molecule has 0 atom stereocenters. The molecule has 0 unspecified atom stereocenters. The zero-order valence-corrected chi connectivity index (χ0v) is 18.4. The monoisotopic (exact) mass is 440 g/mol. The zero-order valence-electron chi connectivity index (χ0n) is 16.1. The Hall–Kier alpha value is -1.19. The number of aryl methyl sites for hydroxylation is 1. The van der Waals surface area contributed by atoms with Crippen molar-refractivity contribution in [3.63, 3.8) is 0 Å². The Morgan fingerprint density at radius 2 is 1.65 bits per heavy atom. The second-order valence-electron chi connectivity index (χ2n) is 5.62. The summed E-state index contributed by atoms with van der Waals surface area (Å²) in [5.41, 5.74) is 2.33. The first-order valence-electron chi connectivity index (χ1n) is 9.42. The molecular formula is C22H30BrClO2. The third-order valence-corrected chi connectivity index (χ3v) is 4.66. The van der Waals surface area contributed by atoms with Crippen LogP contribution in [-0.2, 0) is 13.0 Å². The Kier molecular flexibility index (Phi) is 12.3. The number of rotatable bonds is 10. The molecule has 2 aromatic rings. The van der Waals surface area contributed by atoms with E-state index >= 15 is 0 Å². The molecule has 0 saturated carbocycles. The standard InChI is InChI=1S/C20H24BrClO2.C2H6/c1-2-17-13-18(21)20(24-15-16-9-5-3-6-10-16)14-19(17)23-12-8-4-7-11-22;1-2/h3,5-6,9-10,13-14H,2,4,7-8,11-12,15H2,1H3;1-2H3. The van der Waals surface area contributed by atoms with Gasteiger partial charge in [0, 0.05) is 11.9 Å². The van der Waals surface area contributed by atoms with Crippen molar-refractivity contribution < 1.29 is 9.47 Å². The van der Waals surface area contributed by atoms with E-state index in [1.807, 2.05) is 38.1 Å². The normalized spacial score (nSPS) is 10.0. The highest BCUT2D eigenvalue weighted by molar-refractivity contribution is 9.10. The van der Waals surface area contributed by atoms with Gasteiger partial charge in [0.1, 0.15) is 18.1 Å². The number of alkyl halides is 1. The van der Waals surface area contributed by atoms with Crippen LogP contribution in [0.1, 0.15) is 51.2 Å². The summed E-state index contributed by atoms with van der Waals surface area (Å²) in [4.78, 5) is 0. The van der Waals surface area contributed by atoms with E-state index in [1.54, 1.807) is 0 Å². The highest BCUT2D eigenvalue weighted by atomic mass is 79.9. The van der Waals surface area contributed by atoms with Crippen LogP contribution in [0, 0.1) is 0 Å². The van der Waals surface area contributed by atoms with Gasteiger partial charge in [0.2, 0.25) is 0 Å². The van der Waals surface area contributed by atoms with Crippen LogP contribution in [0.2, 0.25) is 0 Å². The fraction of sp³-hybridized carbons (Fsp3) is 0.455. The molecule has 2 nitrogen and oxygen atoms in total. The summed E-state index contributed by atoms with van der Waals surface area (Å²) >= 11 is 9.31. The van der Waals surface area contributed by atoms with Gasteiger partial charge in [0.15, 0.2) is 0 Å². The molecule has 4 heteroatoms. The predicted molar refractivity (Wildman–Crippen MR) is 116 cm³/mol. The molecule has 2 aromatic carbocycles. The van der Waals surface area contributed by atoms with E-state index in [1.165, 1.54) is 5.56 Å². The molecule has 0 aromatic heterocycles. The molecule has 0 N–H and O–H groups in total. The highest BCUT2D eigenvalue weighted by Crippen LogP contribution is 2.34. The quantitative estimate of drug-likeness (QED) is 0.282. The largest absolute Gasteiger partial charge is 0.493 e. The van der Waals surface area contributed by atoms with E-state index in [0.29, 0.717) is 13.2 Å². The Morgan fingerprint density at radius 1 is 0.923 bits per heavy atom. The molecule has 144 valence electrons. The van der Waals surface area contributed by atoms with Gasteiger partial charge >= 0.3 is 0 Å². The first-order chi connectivity index (χ1) is 12.7. The lowest BCUT2D eigenvalue weighted by atomic mass is 10.1. The molecule has 0 fully saturated rings. The highest BCUT2D eigenvalue weighted by Gasteiger charge is 2.10. The lowest BCUT2D eigenvalue weighted by Gasteiger charge is -2.15. The minimum atomic E-state index is 0.542. The van der Waals surface area contributed by atoms with Crippen LogP contribution in [0.3, 0.4) is 0 Å². The van der Waals surface area contributed by atoms with Gasteiger partial charge in [0.05, 0.1) is 11.1 Å². The molecule has 26 heavy (non-hydrogen) atoms. The Bertz CT molecular complexity index is 617. The summed E-state index contributed by atoms with van der Waals surface area (Å²) in [5.74, 6) is 2.44. The number of benzene rings is 2. The van der Waals surface area contributed by atoms with Crippen molar-refractivity contribution in [2.75, 3.05) is 12.5 Å². The average molecular weight is 442 g/mol. The maximum absolute atomic E-state index is 5.98. The second kappa shape index (κ2) is 13.9. The van der Waals surface area contributed by atoms with Gasteiger partial charge in [-0.05, 0) is 58.8 Å². The lowest BCUT2D eigenvalue weighted by Crippen LogP contribution is -2.02. The molecule has 0 aliphatic rings. The van der Waals surface area contributed by atoms with Gasteiger partial charge < -0.3 is 9.47 Å². The van der Waals surface area contributed by atoms with Gasteiger partial charge in [-0.1, -0.05) is 51.1 Å². The average Bonchev–Trinajstić information content (AvgIpc) is 2.69. The van der Waals surface area contributed by atoms with Gasteiger partial charge in [-0.3, -0.25) is 0 Å². The van der Waals surface area contributed by atoms with E-state index in [2.05, 4.69) is 41.1 Å². The minimum absolute atomic E-state index is 0.542. The summed E-state index contributed by atoms with van der Waals surface area (Å²) in [7, 11) is 0. The number of hydrogen-bond donors (Lipinski definition) is 0. The van der Waals surface area contributed by atoms with Crippen molar-refractivity contribution in [3.05, 3.63) is 58.1 Å².